The van der Waals surface area contributed by atoms with Gasteiger partial charge in [-0.25, -0.2) is 0 Å². The monoisotopic (exact) mass is 1220 g/mol. The van der Waals surface area contributed by atoms with Crippen LogP contribution in [0.25, 0.3) is 0 Å². The molecule has 0 aromatic heterocycles. The van der Waals surface area contributed by atoms with E-state index in [9.17, 15) is 38.4 Å². The van der Waals surface area contributed by atoms with E-state index in [1.807, 2.05) is 139 Å². The number of hydrogen-bond donors (Lipinski definition) is 5. The van der Waals surface area contributed by atoms with Crippen molar-refractivity contribution >= 4 is 53.2 Å². The molecule has 0 spiro atoms. The first-order valence-corrected chi connectivity index (χ1v) is 31.4. The van der Waals surface area contributed by atoms with Crippen LogP contribution in [0.2, 0.25) is 0 Å². The lowest BCUT2D eigenvalue weighted by Gasteiger charge is -2.36. The van der Waals surface area contributed by atoms with Gasteiger partial charge >= 0.3 is 0 Å². The summed E-state index contributed by atoms with van der Waals surface area (Å²) in [5.41, 5.74) is 25.4. The molecule has 22 heteroatoms. The summed E-state index contributed by atoms with van der Waals surface area (Å²) in [7, 11) is 0. The molecule has 0 saturated carbocycles. The number of carbonyl (C=O) groups is 9. The third-order valence-electron chi connectivity index (χ3n) is 15.1. The van der Waals surface area contributed by atoms with E-state index in [4.69, 9.17) is 22.9 Å². The van der Waals surface area contributed by atoms with Crippen molar-refractivity contribution in [1.82, 2.24) is 44.5 Å². The van der Waals surface area contributed by atoms with Crippen LogP contribution < -0.4 is 28.3 Å². The predicted molar refractivity (Wildman–Crippen MR) is 344 cm³/mol. The summed E-state index contributed by atoms with van der Waals surface area (Å²) in [6, 6.07) is 25.7. The SMILES string of the molecule is CC(C)CN(CC(=O)N(CC(N)=O)[C@@H](C)c1ccccc1)C(=O)CN(CCCCN)C(=O)CN(C(=O)CN(CC(C)C)C(=O)CN(CCCCN)C(=O)CN(C(=O)CN(CC(C)C)C(=O)CNCCCCN)[C@@H](C)c1ccccc1)[C@@H](C)c1ccccc1. The smallest absolute Gasteiger partial charge is 0.243 e. The van der Waals surface area contributed by atoms with Gasteiger partial charge in [-0.1, -0.05) is 133 Å². The van der Waals surface area contributed by atoms with Gasteiger partial charge in [-0.3, -0.25) is 43.2 Å². The van der Waals surface area contributed by atoms with Crippen LogP contribution in [0.3, 0.4) is 0 Å². The van der Waals surface area contributed by atoms with Crippen LogP contribution in [0, 0.1) is 17.8 Å². The van der Waals surface area contributed by atoms with Gasteiger partial charge < -0.3 is 67.5 Å². The van der Waals surface area contributed by atoms with Crippen LogP contribution in [0.4, 0.5) is 0 Å². The normalized spacial score (nSPS) is 12.3. The number of rotatable bonds is 42. The zero-order chi connectivity index (χ0) is 65.3. The van der Waals surface area contributed by atoms with Crippen molar-refractivity contribution in [2.75, 3.05) is 118 Å². The maximum absolute atomic E-state index is 15.1. The molecule has 488 valence electrons. The van der Waals surface area contributed by atoms with E-state index >= 15 is 4.79 Å². The van der Waals surface area contributed by atoms with Crippen LogP contribution >= 0.6 is 0 Å². The summed E-state index contributed by atoms with van der Waals surface area (Å²) in [5, 5.41) is 3.16. The topological polar surface area (TPSA) is 296 Å². The number of primary amides is 1. The number of unbranched alkanes of at least 4 members (excludes halogenated alkanes) is 3. The Balaban J connectivity index is 2.02. The summed E-state index contributed by atoms with van der Waals surface area (Å²) in [4.78, 5) is 140. The molecule has 0 heterocycles. The fraction of sp³-hybridized carbons (Fsp3) is 0.591. The summed E-state index contributed by atoms with van der Waals surface area (Å²) < 4.78 is 0. The van der Waals surface area contributed by atoms with Gasteiger partial charge in [-0.2, -0.15) is 0 Å². The number of nitrogens with zero attached hydrogens (tertiary/aromatic N) is 8. The maximum atomic E-state index is 15.1. The van der Waals surface area contributed by atoms with E-state index in [2.05, 4.69) is 5.32 Å². The summed E-state index contributed by atoms with van der Waals surface area (Å²) in [6.45, 7) is 16.2. The third kappa shape index (κ3) is 26.6. The first-order chi connectivity index (χ1) is 41.9. The molecule has 0 radical (unpaired) electrons. The Morgan fingerprint density at radius 2 is 0.636 bits per heavy atom. The molecule has 0 aliphatic carbocycles. The van der Waals surface area contributed by atoms with E-state index < -0.39 is 105 Å². The van der Waals surface area contributed by atoms with Crippen LogP contribution in [0.5, 0.6) is 0 Å². The minimum atomic E-state index is -0.721. The number of benzene rings is 3. The third-order valence-corrected chi connectivity index (χ3v) is 15.1. The molecule has 9 amide bonds. The molecule has 9 N–H and O–H groups in total. The standard InChI is InChI=1S/C66H105N13O9/c1-49(2)38-74(59(81)37-71-34-22-19-31-67)44-65(87)78(53(8)56-27-15-11-16-28-56)47-62(84)73(36-24-21-33-69)43-61(83)76(40-51(5)6)46-66(88)79(54(9)57-29-17-12-18-30-57)48-63(85)72(35-23-20-32-68)42-60(82)75(39-50(3)4)45-64(86)77(41-58(70)80)52(7)55-25-13-10-14-26-55/h10-18,25-30,49-54,71H,19-24,31-48,67-69H2,1-9H3,(H2,70,80)/t52-,53-,54-/m0/s1. The highest BCUT2D eigenvalue weighted by atomic mass is 16.2. The molecule has 0 saturated heterocycles. The Morgan fingerprint density at radius 3 is 0.943 bits per heavy atom. The zero-order valence-corrected chi connectivity index (χ0v) is 54.2. The van der Waals surface area contributed by atoms with Gasteiger partial charge in [0.2, 0.25) is 53.2 Å². The fourth-order valence-corrected chi connectivity index (χ4v) is 10.3. The highest BCUT2D eigenvalue weighted by Gasteiger charge is 2.35. The number of hydrogen-bond acceptors (Lipinski definition) is 13. The van der Waals surface area contributed by atoms with E-state index in [1.165, 1.54) is 39.2 Å². The number of carbonyl (C=O) groups excluding carboxylic acids is 9. The lowest BCUT2D eigenvalue weighted by molar-refractivity contribution is -0.150. The van der Waals surface area contributed by atoms with Crippen molar-refractivity contribution in [2.45, 2.75) is 119 Å². The van der Waals surface area contributed by atoms with Crippen LogP contribution in [0.1, 0.15) is 136 Å². The minimum Gasteiger partial charge on any atom is -0.368 e. The van der Waals surface area contributed by atoms with E-state index in [1.54, 1.807) is 13.8 Å². The molecule has 0 bridgehead atoms. The molecule has 88 heavy (non-hydrogen) atoms. The van der Waals surface area contributed by atoms with Crippen LogP contribution in [-0.4, -0.2) is 210 Å². The highest BCUT2D eigenvalue weighted by Crippen LogP contribution is 2.25. The van der Waals surface area contributed by atoms with Crippen molar-refractivity contribution in [3.8, 4) is 0 Å². The van der Waals surface area contributed by atoms with E-state index in [0.717, 1.165) is 24.0 Å². The van der Waals surface area contributed by atoms with Gasteiger partial charge in [0.05, 0.1) is 63.9 Å². The molecule has 0 unspecified atom stereocenters. The fourth-order valence-electron chi connectivity index (χ4n) is 10.3. The Morgan fingerprint density at radius 1 is 0.352 bits per heavy atom. The highest BCUT2D eigenvalue weighted by molar-refractivity contribution is 5.94. The van der Waals surface area contributed by atoms with Crippen molar-refractivity contribution in [1.29, 1.82) is 0 Å². The Hall–Kier alpha value is -7.27. The van der Waals surface area contributed by atoms with Gasteiger partial charge in [-0.05, 0) is 120 Å². The Labute approximate surface area is 524 Å². The van der Waals surface area contributed by atoms with Gasteiger partial charge in [0.1, 0.15) is 13.1 Å². The number of nitrogens with one attached hydrogen (secondary N) is 1. The van der Waals surface area contributed by atoms with E-state index in [0.29, 0.717) is 64.0 Å². The predicted octanol–water partition coefficient (Wildman–Crippen LogP) is 4.16. The molecule has 3 rings (SSSR count). The second-order valence-corrected chi connectivity index (χ2v) is 24.1. The summed E-state index contributed by atoms with van der Waals surface area (Å²) >= 11 is 0. The summed E-state index contributed by atoms with van der Waals surface area (Å²) in [5.74, 6) is -4.85. The van der Waals surface area contributed by atoms with Crippen molar-refractivity contribution < 1.29 is 43.2 Å². The average molecular weight is 1220 g/mol. The molecular weight excluding hydrogens is 1120 g/mol. The van der Waals surface area contributed by atoms with Gasteiger partial charge in [0, 0.05) is 32.7 Å². The maximum Gasteiger partial charge on any atom is 0.243 e. The number of nitrogens with two attached hydrogens (primary N) is 4. The molecule has 0 fully saturated rings. The average Bonchev–Trinajstić information content (AvgIpc) is 3.68. The first-order valence-electron chi connectivity index (χ1n) is 31.4. The van der Waals surface area contributed by atoms with Crippen molar-refractivity contribution in [2.24, 2.45) is 40.7 Å². The second-order valence-electron chi connectivity index (χ2n) is 24.1. The Bertz CT molecular complexity index is 2610. The summed E-state index contributed by atoms with van der Waals surface area (Å²) in [6.07, 6.45) is 3.54. The van der Waals surface area contributed by atoms with Crippen LogP contribution in [-0.2, 0) is 43.2 Å². The van der Waals surface area contributed by atoms with Crippen LogP contribution in [0.15, 0.2) is 91.0 Å². The quantitative estimate of drug-likeness (QED) is 0.0499. The van der Waals surface area contributed by atoms with E-state index in [-0.39, 0.29) is 69.5 Å². The van der Waals surface area contributed by atoms with Gasteiger partial charge in [0.25, 0.3) is 0 Å². The largest absolute Gasteiger partial charge is 0.368 e. The molecule has 0 aliphatic rings. The molecule has 22 nitrogen and oxygen atoms in total. The lowest BCUT2D eigenvalue weighted by Crippen LogP contribution is -2.53. The van der Waals surface area contributed by atoms with Gasteiger partial charge in [-0.15, -0.1) is 0 Å². The zero-order valence-electron chi connectivity index (χ0n) is 54.2. The number of amides is 9. The molecule has 0 aliphatic heterocycles. The van der Waals surface area contributed by atoms with Crippen molar-refractivity contribution in [3.05, 3.63) is 108 Å². The molecule has 3 aromatic rings. The van der Waals surface area contributed by atoms with Gasteiger partial charge in [0.15, 0.2) is 0 Å². The lowest BCUT2D eigenvalue weighted by atomic mass is 10.1. The molecule has 3 aromatic carbocycles. The van der Waals surface area contributed by atoms with Crippen molar-refractivity contribution in [3.63, 3.8) is 0 Å². The minimum absolute atomic E-state index is 0.0252. The molecule has 3 atom stereocenters. The second kappa shape index (κ2) is 40.3. The first kappa shape index (κ1) is 75.0. The Kier molecular flexibility index (Phi) is 34.3. The molecular formula is C66H105N13O9.